The average Bonchev–Trinajstić information content (AvgIpc) is 2.77. The number of aromatic nitrogens is 3. The molecule has 0 amide bonds. The van der Waals surface area contributed by atoms with Gasteiger partial charge in [-0.3, -0.25) is 4.57 Å². The summed E-state index contributed by atoms with van der Waals surface area (Å²) < 4.78 is 51.0. The highest BCUT2D eigenvalue weighted by Crippen LogP contribution is 2.25. The molecule has 0 aliphatic carbocycles. The third kappa shape index (κ3) is 2.41. The van der Waals surface area contributed by atoms with Gasteiger partial charge in [-0.05, 0) is 25.5 Å². The van der Waals surface area contributed by atoms with Gasteiger partial charge in [0, 0.05) is 12.6 Å². The predicted molar refractivity (Wildman–Crippen MR) is 67.2 cm³/mol. The fourth-order valence-corrected chi connectivity index (χ4v) is 2.49. The van der Waals surface area contributed by atoms with Crippen molar-refractivity contribution in [3.05, 3.63) is 29.3 Å². The quantitative estimate of drug-likeness (QED) is 0.922. The molecule has 2 aromatic rings. The number of hydrogen-bond donors (Lipinski definition) is 1. The van der Waals surface area contributed by atoms with Crippen molar-refractivity contribution in [2.45, 2.75) is 25.5 Å². The second-order valence-corrected chi connectivity index (χ2v) is 5.63. The first-order valence-electron chi connectivity index (χ1n) is 5.67. The zero-order chi connectivity index (χ0) is 15.1. The van der Waals surface area contributed by atoms with Crippen LogP contribution in [0.3, 0.4) is 0 Å². The molecule has 0 saturated carbocycles. The number of hydrogen-bond acceptors (Lipinski definition) is 4. The Bertz CT molecular complexity index is 771. The summed E-state index contributed by atoms with van der Waals surface area (Å²) in [5, 5.41) is 11.7. The molecule has 0 atom stereocenters. The summed E-state index contributed by atoms with van der Waals surface area (Å²) in [6.07, 6.45) is 0. The molecule has 2 rings (SSSR count). The Morgan fingerprint density at radius 1 is 1.25 bits per heavy atom. The topological polar surface area (TPSA) is 90.9 Å². The van der Waals surface area contributed by atoms with Crippen molar-refractivity contribution in [3.8, 4) is 11.4 Å². The molecule has 1 aromatic heterocycles. The van der Waals surface area contributed by atoms with E-state index in [-0.39, 0.29) is 23.5 Å². The molecule has 0 fully saturated rings. The Balaban J connectivity index is 2.72. The Labute approximate surface area is 114 Å². The van der Waals surface area contributed by atoms with Gasteiger partial charge in [-0.2, -0.15) is 0 Å². The number of sulfonamides is 1. The van der Waals surface area contributed by atoms with Gasteiger partial charge in [0.15, 0.2) is 5.82 Å². The third-order valence-corrected chi connectivity index (χ3v) is 3.59. The van der Waals surface area contributed by atoms with Crippen LogP contribution in [0.25, 0.3) is 11.4 Å². The molecule has 20 heavy (non-hydrogen) atoms. The molecule has 0 aliphatic heterocycles. The van der Waals surface area contributed by atoms with E-state index in [1.165, 1.54) is 13.0 Å². The molecule has 1 aromatic carbocycles. The van der Waals surface area contributed by atoms with Crippen LogP contribution < -0.4 is 5.14 Å². The smallest absolute Gasteiger partial charge is 0.273 e. The van der Waals surface area contributed by atoms with Crippen LogP contribution in [0.15, 0.2) is 17.3 Å². The van der Waals surface area contributed by atoms with E-state index in [2.05, 4.69) is 10.2 Å². The van der Waals surface area contributed by atoms with E-state index in [9.17, 15) is 17.2 Å². The molecule has 0 radical (unpaired) electrons. The van der Waals surface area contributed by atoms with Crippen LogP contribution in [0.2, 0.25) is 0 Å². The summed E-state index contributed by atoms with van der Waals surface area (Å²) in [4.78, 5) is 0. The van der Waals surface area contributed by atoms with Crippen molar-refractivity contribution in [3.63, 3.8) is 0 Å². The SMILES string of the molecule is CCn1c(-c2cc(C)c(F)cc2F)nnc1S(N)(=O)=O. The van der Waals surface area contributed by atoms with E-state index >= 15 is 0 Å². The molecule has 0 aliphatic rings. The van der Waals surface area contributed by atoms with Crippen molar-refractivity contribution >= 4 is 10.0 Å². The number of primary sulfonamides is 1. The van der Waals surface area contributed by atoms with Crippen LogP contribution >= 0.6 is 0 Å². The first-order chi connectivity index (χ1) is 9.25. The van der Waals surface area contributed by atoms with E-state index in [4.69, 9.17) is 5.14 Å². The molecule has 6 nitrogen and oxygen atoms in total. The number of halogens is 2. The van der Waals surface area contributed by atoms with Crippen LogP contribution in [0.5, 0.6) is 0 Å². The maximum absolute atomic E-state index is 13.8. The lowest BCUT2D eigenvalue weighted by atomic mass is 10.1. The molecular weight excluding hydrogens is 290 g/mol. The second kappa shape index (κ2) is 4.91. The summed E-state index contributed by atoms with van der Waals surface area (Å²) in [5.74, 6) is -1.56. The summed E-state index contributed by atoms with van der Waals surface area (Å²) in [6.45, 7) is 3.27. The van der Waals surface area contributed by atoms with Crippen LogP contribution in [0.1, 0.15) is 12.5 Å². The normalized spacial score (nSPS) is 11.8. The molecule has 1 heterocycles. The minimum absolute atomic E-state index is 0.0166. The van der Waals surface area contributed by atoms with E-state index in [1.54, 1.807) is 6.92 Å². The van der Waals surface area contributed by atoms with E-state index in [0.29, 0.717) is 0 Å². The van der Waals surface area contributed by atoms with Crippen molar-refractivity contribution in [1.29, 1.82) is 0 Å². The number of benzene rings is 1. The maximum Gasteiger partial charge on any atom is 0.273 e. The van der Waals surface area contributed by atoms with Crippen LogP contribution in [0.4, 0.5) is 8.78 Å². The van der Waals surface area contributed by atoms with E-state index in [0.717, 1.165) is 10.6 Å². The highest BCUT2D eigenvalue weighted by atomic mass is 32.2. The second-order valence-electron chi connectivity index (χ2n) is 4.18. The zero-order valence-electron chi connectivity index (χ0n) is 10.8. The number of nitrogens with two attached hydrogens (primary N) is 1. The number of aryl methyl sites for hydroxylation is 1. The largest absolute Gasteiger partial charge is 0.297 e. The Morgan fingerprint density at radius 3 is 2.45 bits per heavy atom. The van der Waals surface area contributed by atoms with Crippen molar-refractivity contribution < 1.29 is 17.2 Å². The minimum Gasteiger partial charge on any atom is -0.297 e. The number of rotatable bonds is 3. The molecule has 9 heteroatoms. The van der Waals surface area contributed by atoms with Gasteiger partial charge in [0.25, 0.3) is 15.2 Å². The number of nitrogens with zero attached hydrogens (tertiary/aromatic N) is 3. The predicted octanol–water partition coefficient (Wildman–Crippen LogP) is 1.20. The van der Waals surface area contributed by atoms with Crippen molar-refractivity contribution in [2.75, 3.05) is 0 Å². The lowest BCUT2D eigenvalue weighted by molar-refractivity contribution is 0.566. The van der Waals surface area contributed by atoms with Gasteiger partial charge in [-0.25, -0.2) is 22.3 Å². The van der Waals surface area contributed by atoms with E-state index in [1.807, 2.05) is 0 Å². The third-order valence-electron chi connectivity index (χ3n) is 2.78. The molecule has 0 bridgehead atoms. The van der Waals surface area contributed by atoms with Crippen LogP contribution in [-0.4, -0.2) is 23.2 Å². The maximum atomic E-state index is 13.8. The van der Waals surface area contributed by atoms with Gasteiger partial charge in [-0.1, -0.05) is 0 Å². The summed E-state index contributed by atoms with van der Waals surface area (Å²) in [6, 6.07) is 1.96. The summed E-state index contributed by atoms with van der Waals surface area (Å²) >= 11 is 0. The van der Waals surface area contributed by atoms with Gasteiger partial charge in [0.1, 0.15) is 11.6 Å². The van der Waals surface area contributed by atoms with Crippen molar-refractivity contribution in [2.24, 2.45) is 5.14 Å². The van der Waals surface area contributed by atoms with Crippen molar-refractivity contribution in [1.82, 2.24) is 14.8 Å². The Kier molecular flexibility index (Phi) is 3.57. The molecular formula is C11H12F2N4O2S. The van der Waals surface area contributed by atoms with Gasteiger partial charge in [0.2, 0.25) is 0 Å². The fraction of sp³-hybridized carbons (Fsp3) is 0.273. The first-order valence-corrected chi connectivity index (χ1v) is 7.22. The van der Waals surface area contributed by atoms with Crippen LogP contribution in [0, 0.1) is 18.6 Å². The first kappa shape index (κ1) is 14.5. The Morgan fingerprint density at radius 2 is 1.90 bits per heavy atom. The van der Waals surface area contributed by atoms with Gasteiger partial charge >= 0.3 is 0 Å². The zero-order valence-corrected chi connectivity index (χ0v) is 11.6. The lowest BCUT2D eigenvalue weighted by Gasteiger charge is -2.08. The minimum atomic E-state index is -4.07. The molecule has 0 unspecified atom stereocenters. The summed E-state index contributed by atoms with van der Waals surface area (Å²) in [7, 11) is -4.07. The van der Waals surface area contributed by atoms with Crippen LogP contribution in [-0.2, 0) is 16.6 Å². The fourth-order valence-electron chi connectivity index (χ4n) is 1.81. The molecule has 0 spiro atoms. The van der Waals surface area contributed by atoms with Gasteiger partial charge < -0.3 is 0 Å². The standard InChI is InChI=1S/C11H12F2N4O2S/c1-3-17-10(15-16-11(17)20(14,18)19)7-4-6(2)8(12)5-9(7)13/h4-5H,3H2,1-2H3,(H2,14,18,19). The highest BCUT2D eigenvalue weighted by molar-refractivity contribution is 7.89. The highest BCUT2D eigenvalue weighted by Gasteiger charge is 2.23. The van der Waals surface area contributed by atoms with Gasteiger partial charge in [0.05, 0.1) is 5.56 Å². The van der Waals surface area contributed by atoms with Gasteiger partial charge in [-0.15, -0.1) is 10.2 Å². The average molecular weight is 302 g/mol. The van der Waals surface area contributed by atoms with E-state index < -0.39 is 26.8 Å². The molecule has 0 saturated heterocycles. The monoisotopic (exact) mass is 302 g/mol. The molecule has 2 N–H and O–H groups in total. The molecule has 108 valence electrons. The Hall–Kier alpha value is -1.87. The summed E-state index contributed by atoms with van der Waals surface area (Å²) in [5.41, 5.74) is 0.178. The lowest BCUT2D eigenvalue weighted by Crippen LogP contribution is -2.18.